The molecule has 0 aliphatic rings. The molecule has 0 atom stereocenters. The molecule has 106 valence electrons. The number of rotatable bonds is 2. The summed E-state index contributed by atoms with van der Waals surface area (Å²) in [6.45, 7) is 0. The maximum Gasteiger partial charge on any atom is 0.257 e. The van der Waals surface area contributed by atoms with Crippen LogP contribution in [-0.4, -0.2) is 9.97 Å². The SMILES string of the molecule is O=c1[nH]c2ncccc2c2cc(Nc3ccccc3)ccc12. The lowest BCUT2D eigenvalue weighted by molar-refractivity contribution is 1.25. The predicted octanol–water partition coefficient (Wildman–Crippen LogP) is 3.82. The van der Waals surface area contributed by atoms with E-state index in [1.807, 2.05) is 60.7 Å². The third-order valence-electron chi connectivity index (χ3n) is 3.66. The van der Waals surface area contributed by atoms with E-state index >= 15 is 0 Å². The summed E-state index contributed by atoms with van der Waals surface area (Å²) in [5, 5.41) is 5.85. The van der Waals surface area contributed by atoms with Crippen molar-refractivity contribution in [3.63, 3.8) is 0 Å². The number of aromatic nitrogens is 2. The molecular formula is C18H13N3O. The van der Waals surface area contributed by atoms with Gasteiger partial charge in [-0.3, -0.25) is 4.79 Å². The molecule has 2 aromatic carbocycles. The fourth-order valence-corrected chi connectivity index (χ4v) is 2.63. The molecule has 0 aliphatic carbocycles. The highest BCUT2D eigenvalue weighted by molar-refractivity contribution is 6.05. The van der Waals surface area contributed by atoms with Crippen molar-refractivity contribution in [2.24, 2.45) is 0 Å². The molecular weight excluding hydrogens is 274 g/mol. The third kappa shape index (κ3) is 2.11. The van der Waals surface area contributed by atoms with Crippen LogP contribution in [-0.2, 0) is 0 Å². The Bertz CT molecular complexity index is 1020. The number of fused-ring (bicyclic) bond motifs is 3. The second-order valence-corrected chi connectivity index (χ2v) is 5.11. The maximum atomic E-state index is 12.1. The first-order valence-electron chi connectivity index (χ1n) is 7.04. The lowest BCUT2D eigenvalue weighted by atomic mass is 10.1. The molecule has 0 radical (unpaired) electrons. The quantitative estimate of drug-likeness (QED) is 0.551. The van der Waals surface area contributed by atoms with Crippen LogP contribution in [0.3, 0.4) is 0 Å². The number of nitrogens with one attached hydrogen (secondary N) is 2. The van der Waals surface area contributed by atoms with E-state index in [4.69, 9.17) is 0 Å². The van der Waals surface area contributed by atoms with Crippen molar-refractivity contribution in [2.75, 3.05) is 5.32 Å². The molecule has 2 aromatic heterocycles. The van der Waals surface area contributed by atoms with Crippen molar-refractivity contribution in [1.82, 2.24) is 9.97 Å². The monoisotopic (exact) mass is 287 g/mol. The van der Waals surface area contributed by atoms with Crippen LogP contribution in [0.4, 0.5) is 11.4 Å². The summed E-state index contributed by atoms with van der Waals surface area (Å²) < 4.78 is 0. The van der Waals surface area contributed by atoms with E-state index in [1.165, 1.54) is 0 Å². The number of H-pyrrole nitrogens is 1. The molecule has 2 N–H and O–H groups in total. The summed E-state index contributed by atoms with van der Waals surface area (Å²) in [5.74, 6) is 0. The molecule has 4 rings (SSSR count). The average Bonchev–Trinajstić information content (AvgIpc) is 2.56. The maximum absolute atomic E-state index is 12.1. The van der Waals surface area contributed by atoms with Gasteiger partial charge in [0.15, 0.2) is 0 Å². The number of aromatic amines is 1. The number of pyridine rings is 2. The molecule has 0 saturated carbocycles. The van der Waals surface area contributed by atoms with Crippen LogP contribution < -0.4 is 10.9 Å². The lowest BCUT2D eigenvalue weighted by Gasteiger charge is -2.08. The minimum absolute atomic E-state index is 0.118. The van der Waals surface area contributed by atoms with E-state index in [1.54, 1.807) is 6.20 Å². The number of nitrogens with zero attached hydrogens (tertiary/aromatic N) is 1. The standard InChI is InChI=1S/C18H13N3O/c22-18-15-9-8-13(20-12-5-2-1-3-6-12)11-16(15)14-7-4-10-19-17(14)21-18/h1-11,20H,(H,19,21,22). The van der Waals surface area contributed by atoms with Gasteiger partial charge in [-0.15, -0.1) is 0 Å². The molecule has 0 amide bonds. The van der Waals surface area contributed by atoms with Crippen molar-refractivity contribution in [2.45, 2.75) is 0 Å². The van der Waals surface area contributed by atoms with E-state index in [2.05, 4.69) is 15.3 Å². The molecule has 0 aliphatic heterocycles. The lowest BCUT2D eigenvalue weighted by Crippen LogP contribution is -2.07. The summed E-state index contributed by atoms with van der Waals surface area (Å²) in [6.07, 6.45) is 1.68. The Hall–Kier alpha value is -3.14. The smallest absolute Gasteiger partial charge is 0.257 e. The van der Waals surface area contributed by atoms with Crippen LogP contribution in [0, 0.1) is 0 Å². The average molecular weight is 287 g/mol. The highest BCUT2D eigenvalue weighted by atomic mass is 16.1. The minimum Gasteiger partial charge on any atom is -0.356 e. The van der Waals surface area contributed by atoms with Crippen LogP contribution >= 0.6 is 0 Å². The highest BCUT2D eigenvalue weighted by Gasteiger charge is 2.06. The van der Waals surface area contributed by atoms with Crippen LogP contribution in [0.5, 0.6) is 0 Å². The van der Waals surface area contributed by atoms with E-state index in [9.17, 15) is 4.79 Å². The van der Waals surface area contributed by atoms with Gasteiger partial charge in [-0.1, -0.05) is 18.2 Å². The van der Waals surface area contributed by atoms with Crippen molar-refractivity contribution in [3.8, 4) is 0 Å². The number of benzene rings is 2. The Labute approximate surface area is 126 Å². The van der Waals surface area contributed by atoms with Gasteiger partial charge in [0, 0.05) is 33.7 Å². The van der Waals surface area contributed by atoms with Gasteiger partial charge in [0.25, 0.3) is 5.56 Å². The Morgan fingerprint density at radius 1 is 0.818 bits per heavy atom. The van der Waals surface area contributed by atoms with Crippen LogP contribution in [0.25, 0.3) is 21.8 Å². The van der Waals surface area contributed by atoms with Gasteiger partial charge in [-0.25, -0.2) is 4.98 Å². The van der Waals surface area contributed by atoms with Gasteiger partial charge in [0.1, 0.15) is 5.65 Å². The first kappa shape index (κ1) is 12.6. The zero-order valence-electron chi connectivity index (χ0n) is 11.7. The first-order valence-corrected chi connectivity index (χ1v) is 7.04. The van der Waals surface area contributed by atoms with Gasteiger partial charge in [-0.2, -0.15) is 0 Å². The Morgan fingerprint density at radius 2 is 1.68 bits per heavy atom. The Balaban J connectivity index is 1.93. The van der Waals surface area contributed by atoms with Crippen molar-refractivity contribution < 1.29 is 0 Å². The van der Waals surface area contributed by atoms with E-state index in [0.717, 1.165) is 22.1 Å². The zero-order chi connectivity index (χ0) is 14.9. The molecule has 0 fully saturated rings. The van der Waals surface area contributed by atoms with Gasteiger partial charge in [0.05, 0.1) is 0 Å². The van der Waals surface area contributed by atoms with Crippen LogP contribution in [0.1, 0.15) is 0 Å². The fraction of sp³-hybridized carbons (Fsp3) is 0. The zero-order valence-corrected chi connectivity index (χ0v) is 11.7. The van der Waals surface area contributed by atoms with E-state index in [-0.39, 0.29) is 5.56 Å². The fourth-order valence-electron chi connectivity index (χ4n) is 2.63. The van der Waals surface area contributed by atoms with Crippen molar-refractivity contribution in [1.29, 1.82) is 0 Å². The van der Waals surface area contributed by atoms with Gasteiger partial charge in [-0.05, 0) is 42.5 Å². The number of hydrogen-bond donors (Lipinski definition) is 2. The van der Waals surface area contributed by atoms with Gasteiger partial charge in [0.2, 0.25) is 0 Å². The summed E-state index contributed by atoms with van der Waals surface area (Å²) in [5.41, 5.74) is 2.44. The van der Waals surface area contributed by atoms with Gasteiger partial charge < -0.3 is 10.3 Å². The first-order chi connectivity index (χ1) is 10.8. The summed E-state index contributed by atoms with van der Waals surface area (Å²) in [7, 11) is 0. The molecule has 0 spiro atoms. The normalized spacial score (nSPS) is 10.9. The second-order valence-electron chi connectivity index (χ2n) is 5.11. The predicted molar refractivity (Wildman–Crippen MR) is 89.6 cm³/mol. The Morgan fingerprint density at radius 3 is 2.55 bits per heavy atom. The molecule has 2 heterocycles. The van der Waals surface area contributed by atoms with Crippen molar-refractivity contribution in [3.05, 3.63) is 77.2 Å². The molecule has 22 heavy (non-hydrogen) atoms. The molecule has 4 heteroatoms. The van der Waals surface area contributed by atoms with E-state index < -0.39 is 0 Å². The summed E-state index contributed by atoms with van der Waals surface area (Å²) >= 11 is 0. The number of hydrogen-bond acceptors (Lipinski definition) is 3. The molecule has 4 aromatic rings. The molecule has 0 unspecified atom stereocenters. The summed E-state index contributed by atoms with van der Waals surface area (Å²) in [4.78, 5) is 19.2. The third-order valence-corrected chi connectivity index (χ3v) is 3.66. The minimum atomic E-state index is -0.118. The van der Waals surface area contributed by atoms with Crippen molar-refractivity contribution >= 4 is 33.2 Å². The number of anilines is 2. The van der Waals surface area contributed by atoms with Crippen LogP contribution in [0.15, 0.2) is 71.7 Å². The number of para-hydroxylation sites is 1. The Kier molecular flexibility index (Phi) is 2.86. The molecule has 4 nitrogen and oxygen atoms in total. The van der Waals surface area contributed by atoms with Crippen LogP contribution in [0.2, 0.25) is 0 Å². The van der Waals surface area contributed by atoms with E-state index in [0.29, 0.717) is 11.0 Å². The van der Waals surface area contributed by atoms with Gasteiger partial charge >= 0.3 is 0 Å². The summed E-state index contributed by atoms with van der Waals surface area (Å²) in [6, 6.07) is 19.5. The largest absolute Gasteiger partial charge is 0.356 e. The topological polar surface area (TPSA) is 57.8 Å². The second kappa shape index (κ2) is 5.00. The molecule has 0 saturated heterocycles. The highest BCUT2D eigenvalue weighted by Crippen LogP contribution is 2.25. The molecule has 0 bridgehead atoms.